The number of nitrogens with zero attached hydrogens (tertiary/aromatic N) is 1. The van der Waals surface area contributed by atoms with E-state index in [4.69, 9.17) is 0 Å². The second kappa shape index (κ2) is 13.5. The van der Waals surface area contributed by atoms with Crippen molar-refractivity contribution < 1.29 is 0 Å². The molecule has 1 heteroatoms. The zero-order chi connectivity index (χ0) is 40.7. The van der Waals surface area contributed by atoms with E-state index in [9.17, 15) is 0 Å². The molecule has 2 unspecified atom stereocenters. The average Bonchev–Trinajstić information content (AvgIpc) is 3.76. The van der Waals surface area contributed by atoms with Crippen molar-refractivity contribution >= 4 is 38.6 Å². The summed E-state index contributed by atoms with van der Waals surface area (Å²) >= 11 is 0. The first kappa shape index (κ1) is 35.5. The van der Waals surface area contributed by atoms with Gasteiger partial charge >= 0.3 is 0 Å². The van der Waals surface area contributed by atoms with Crippen LogP contribution in [0.1, 0.15) is 47.2 Å². The molecule has 0 heterocycles. The molecular weight excluding hydrogens is 735 g/mol. The molecule has 1 nitrogen and oxygen atoms in total. The van der Waals surface area contributed by atoms with Gasteiger partial charge in [0, 0.05) is 33.0 Å². The van der Waals surface area contributed by atoms with Gasteiger partial charge in [-0.25, -0.2) is 0 Å². The molecule has 288 valence electrons. The maximum atomic E-state index is 2.62. The number of anilines is 3. The molecular formula is C60H43N. The van der Waals surface area contributed by atoms with Crippen LogP contribution in [-0.2, 0) is 10.8 Å². The van der Waals surface area contributed by atoms with Crippen molar-refractivity contribution in [1.29, 1.82) is 0 Å². The van der Waals surface area contributed by atoms with Crippen molar-refractivity contribution in [2.45, 2.75) is 24.7 Å². The molecule has 0 spiro atoms. The highest BCUT2D eigenvalue weighted by Crippen LogP contribution is 2.60. The lowest BCUT2D eigenvalue weighted by Gasteiger charge is -2.34. The third-order valence-electron chi connectivity index (χ3n) is 14.0. The van der Waals surface area contributed by atoms with Gasteiger partial charge in [-0.15, -0.1) is 0 Å². The van der Waals surface area contributed by atoms with Crippen molar-refractivity contribution in [3.8, 4) is 33.4 Å². The largest absolute Gasteiger partial charge is 0.309 e. The highest BCUT2D eigenvalue weighted by Gasteiger charge is 2.44. The predicted octanol–water partition coefficient (Wildman–Crippen LogP) is 15.8. The van der Waals surface area contributed by atoms with Crippen LogP contribution in [0.5, 0.6) is 0 Å². The van der Waals surface area contributed by atoms with Crippen LogP contribution in [0.2, 0.25) is 0 Å². The van der Waals surface area contributed by atoms with Gasteiger partial charge in [0.1, 0.15) is 0 Å². The number of fused-ring (bicyclic) bond motifs is 9. The molecule has 61 heavy (non-hydrogen) atoms. The topological polar surface area (TPSA) is 3.24 Å². The predicted molar refractivity (Wildman–Crippen MR) is 256 cm³/mol. The molecule has 0 amide bonds. The fraction of sp³-hybridized carbons (Fsp3) is 0.0667. The van der Waals surface area contributed by atoms with E-state index in [1.807, 2.05) is 0 Å². The SMILES string of the molecule is CC1(c2ccccc2)c2ccccc2-c2cc(N(c3cccc4c3-c3ccccc3C4(C)c3ccccc3)c3c(-c4ccccc4)c4ccccc4c4ccccc34)ccc21. The smallest absolute Gasteiger partial charge is 0.0625 e. The van der Waals surface area contributed by atoms with Crippen LogP contribution in [0.3, 0.4) is 0 Å². The number of benzene rings is 10. The van der Waals surface area contributed by atoms with Crippen LogP contribution in [0.15, 0.2) is 224 Å². The van der Waals surface area contributed by atoms with Crippen LogP contribution in [0.25, 0.3) is 54.9 Å². The molecule has 0 aromatic heterocycles. The van der Waals surface area contributed by atoms with Crippen LogP contribution >= 0.6 is 0 Å². The molecule has 2 atom stereocenters. The highest BCUT2D eigenvalue weighted by molar-refractivity contribution is 6.23. The molecule has 2 aliphatic carbocycles. The monoisotopic (exact) mass is 777 g/mol. The van der Waals surface area contributed by atoms with E-state index < -0.39 is 0 Å². The van der Waals surface area contributed by atoms with Gasteiger partial charge < -0.3 is 4.90 Å². The Morgan fingerprint density at radius 3 is 1.48 bits per heavy atom. The summed E-state index contributed by atoms with van der Waals surface area (Å²) in [6, 6.07) is 83.5. The van der Waals surface area contributed by atoms with E-state index in [2.05, 4.69) is 243 Å². The summed E-state index contributed by atoms with van der Waals surface area (Å²) in [6.07, 6.45) is 0. The maximum Gasteiger partial charge on any atom is 0.0625 e. The minimum Gasteiger partial charge on any atom is -0.309 e. The summed E-state index contributed by atoms with van der Waals surface area (Å²) < 4.78 is 0. The normalized spacial score (nSPS) is 17.1. The summed E-state index contributed by atoms with van der Waals surface area (Å²) in [7, 11) is 0. The van der Waals surface area contributed by atoms with Gasteiger partial charge in [-0.05, 0) is 104 Å². The van der Waals surface area contributed by atoms with E-state index in [0.717, 1.165) is 5.69 Å². The lowest BCUT2D eigenvalue weighted by atomic mass is 9.74. The van der Waals surface area contributed by atoms with Crippen LogP contribution in [0, 0.1) is 0 Å². The summed E-state index contributed by atoms with van der Waals surface area (Å²) in [5.41, 5.74) is 18.3. The molecule has 10 aromatic carbocycles. The van der Waals surface area contributed by atoms with Crippen LogP contribution < -0.4 is 4.90 Å². The Morgan fingerprint density at radius 1 is 0.328 bits per heavy atom. The fourth-order valence-corrected chi connectivity index (χ4v) is 11.1. The van der Waals surface area contributed by atoms with Gasteiger partial charge in [0.15, 0.2) is 0 Å². The molecule has 12 rings (SSSR count). The molecule has 0 saturated carbocycles. The number of hydrogen-bond donors (Lipinski definition) is 0. The molecule has 0 radical (unpaired) electrons. The van der Waals surface area contributed by atoms with Crippen molar-refractivity contribution in [1.82, 2.24) is 0 Å². The minimum atomic E-state index is -0.350. The first-order chi connectivity index (χ1) is 30.1. The Labute approximate surface area is 357 Å². The van der Waals surface area contributed by atoms with Crippen molar-refractivity contribution in [2.75, 3.05) is 4.90 Å². The Balaban J connectivity index is 1.23. The molecule has 10 aromatic rings. The van der Waals surface area contributed by atoms with E-state index in [1.54, 1.807) is 0 Å². The second-order valence-corrected chi connectivity index (χ2v) is 17.0. The summed E-state index contributed by atoms with van der Waals surface area (Å²) in [4.78, 5) is 2.62. The molecule has 0 aliphatic heterocycles. The quantitative estimate of drug-likeness (QED) is 0.152. The van der Waals surface area contributed by atoms with Gasteiger partial charge in [0.25, 0.3) is 0 Å². The molecule has 0 bridgehead atoms. The second-order valence-electron chi connectivity index (χ2n) is 17.0. The van der Waals surface area contributed by atoms with Crippen molar-refractivity contribution in [3.63, 3.8) is 0 Å². The molecule has 0 fully saturated rings. The Hall–Kier alpha value is -7.48. The van der Waals surface area contributed by atoms with Gasteiger partial charge in [-0.1, -0.05) is 206 Å². The minimum absolute atomic E-state index is 0.300. The molecule has 0 saturated heterocycles. The molecule has 2 aliphatic rings. The maximum absolute atomic E-state index is 2.62. The zero-order valence-electron chi connectivity index (χ0n) is 34.3. The average molecular weight is 778 g/mol. The van der Waals surface area contributed by atoms with Gasteiger partial charge in [-0.2, -0.15) is 0 Å². The van der Waals surface area contributed by atoms with Gasteiger partial charge in [0.05, 0.1) is 11.4 Å². The van der Waals surface area contributed by atoms with Crippen molar-refractivity contribution in [2.24, 2.45) is 0 Å². The Kier molecular flexibility index (Phi) is 7.86. The third-order valence-corrected chi connectivity index (χ3v) is 14.0. The van der Waals surface area contributed by atoms with E-state index in [0.29, 0.717) is 0 Å². The standard InChI is InChI=1S/C60H43N/c1-59(41-23-8-4-9-24-41)51-33-18-16-29-46(51)50-39-43(37-38-53(50)59)61(55-36-20-35-54-57(55)49-32-17-19-34-52(49)60(54,2)42-25-10-5-11-26-42)58-48-31-15-13-28-45(48)44-27-12-14-30-47(44)56(58)40-21-6-3-7-22-40/h3-39H,1-2H3. The highest BCUT2D eigenvalue weighted by atomic mass is 15.2. The van der Waals surface area contributed by atoms with E-state index in [1.165, 1.54) is 99.7 Å². The Bertz CT molecular complexity index is 3330. The lowest BCUT2D eigenvalue weighted by molar-refractivity contribution is 0.713. The van der Waals surface area contributed by atoms with Crippen LogP contribution in [-0.4, -0.2) is 0 Å². The zero-order valence-corrected chi connectivity index (χ0v) is 34.3. The van der Waals surface area contributed by atoms with Gasteiger partial charge in [0.2, 0.25) is 0 Å². The molecule has 0 N–H and O–H groups in total. The number of hydrogen-bond acceptors (Lipinski definition) is 1. The first-order valence-corrected chi connectivity index (χ1v) is 21.4. The Morgan fingerprint density at radius 2 is 0.803 bits per heavy atom. The fourth-order valence-electron chi connectivity index (χ4n) is 11.1. The summed E-state index contributed by atoms with van der Waals surface area (Å²) in [5.74, 6) is 0. The lowest BCUT2D eigenvalue weighted by Crippen LogP contribution is -2.23. The van der Waals surface area contributed by atoms with Crippen LogP contribution in [0.4, 0.5) is 17.1 Å². The first-order valence-electron chi connectivity index (χ1n) is 21.4. The summed E-state index contributed by atoms with van der Waals surface area (Å²) in [6.45, 7) is 4.82. The van der Waals surface area contributed by atoms with Gasteiger partial charge in [-0.3, -0.25) is 0 Å². The summed E-state index contributed by atoms with van der Waals surface area (Å²) in [5, 5.41) is 4.94. The van der Waals surface area contributed by atoms with Crippen molar-refractivity contribution in [3.05, 3.63) is 258 Å². The third kappa shape index (κ3) is 5.01. The van der Waals surface area contributed by atoms with E-state index >= 15 is 0 Å². The number of rotatable bonds is 6. The van der Waals surface area contributed by atoms with E-state index in [-0.39, 0.29) is 10.8 Å².